The normalized spacial score (nSPS) is 11.3. The van der Waals surface area contributed by atoms with Crippen LogP contribution in [0.3, 0.4) is 0 Å². The molecule has 118 valence electrons. The predicted molar refractivity (Wildman–Crippen MR) is 82.5 cm³/mol. The lowest BCUT2D eigenvalue weighted by atomic mass is 10.2. The van der Waals surface area contributed by atoms with Crippen molar-refractivity contribution < 1.29 is 13.9 Å². The second kappa shape index (κ2) is 9.05. The van der Waals surface area contributed by atoms with Crippen LogP contribution in [-0.4, -0.2) is 32.6 Å². The molecule has 0 bridgehead atoms. The number of nitrogens with zero attached hydrogens (tertiary/aromatic N) is 1. The van der Waals surface area contributed by atoms with Gasteiger partial charge >= 0.3 is 5.97 Å². The number of guanidine groups is 1. The molecule has 6 nitrogen and oxygen atoms in total. The van der Waals surface area contributed by atoms with Gasteiger partial charge in [0.15, 0.2) is 5.96 Å². The number of rotatable bonds is 7. The molecule has 0 aliphatic heterocycles. The Morgan fingerprint density at radius 2 is 2.14 bits per heavy atom. The number of hydrogen-bond acceptors (Lipinski definition) is 4. The van der Waals surface area contributed by atoms with Crippen LogP contribution in [0.2, 0.25) is 0 Å². The first-order chi connectivity index (χ1) is 10.1. The molecule has 0 fully saturated rings. The number of nitrogens with one attached hydrogen (secondary N) is 2. The molecule has 21 heavy (non-hydrogen) atoms. The third-order valence-electron chi connectivity index (χ3n) is 3.10. The molecule has 0 aliphatic rings. The van der Waals surface area contributed by atoms with Crippen molar-refractivity contribution >= 4 is 11.9 Å². The molecule has 6 heteroatoms. The zero-order chi connectivity index (χ0) is 15.7. The van der Waals surface area contributed by atoms with Crippen LogP contribution in [-0.2, 0) is 11.3 Å². The molecule has 1 heterocycles. The zero-order valence-corrected chi connectivity index (χ0v) is 13.3. The van der Waals surface area contributed by atoms with Gasteiger partial charge in [-0.05, 0) is 19.4 Å². The van der Waals surface area contributed by atoms with Gasteiger partial charge in [0.25, 0.3) is 0 Å². The van der Waals surface area contributed by atoms with Crippen molar-refractivity contribution in [2.75, 3.05) is 20.7 Å². The third-order valence-corrected chi connectivity index (χ3v) is 3.10. The topological polar surface area (TPSA) is 75.9 Å². The van der Waals surface area contributed by atoms with Crippen LogP contribution < -0.4 is 10.6 Å². The van der Waals surface area contributed by atoms with E-state index in [0.717, 1.165) is 18.9 Å². The molecule has 0 amide bonds. The molecular formula is C15H25N3O3. The van der Waals surface area contributed by atoms with Gasteiger partial charge in [0.1, 0.15) is 17.1 Å². The minimum absolute atomic E-state index is 0.385. The van der Waals surface area contributed by atoms with Crippen LogP contribution in [0.25, 0.3) is 0 Å². The fourth-order valence-corrected chi connectivity index (χ4v) is 1.92. The number of hydrogen-bond donors (Lipinski definition) is 2. The van der Waals surface area contributed by atoms with Gasteiger partial charge in [0.2, 0.25) is 0 Å². The first-order valence-corrected chi connectivity index (χ1v) is 7.24. The lowest BCUT2D eigenvalue weighted by molar-refractivity contribution is 0.0599. The Kier molecular flexibility index (Phi) is 7.36. The van der Waals surface area contributed by atoms with Gasteiger partial charge in [0, 0.05) is 13.6 Å². The summed E-state index contributed by atoms with van der Waals surface area (Å²) in [5, 5.41) is 6.39. The van der Waals surface area contributed by atoms with Crippen molar-refractivity contribution in [2.45, 2.75) is 39.7 Å². The number of ether oxygens (including phenoxy) is 1. The van der Waals surface area contributed by atoms with Crippen LogP contribution in [0.4, 0.5) is 0 Å². The number of methoxy groups -OCH3 is 1. The molecule has 0 unspecified atom stereocenters. The highest BCUT2D eigenvalue weighted by atomic mass is 16.5. The summed E-state index contributed by atoms with van der Waals surface area (Å²) < 4.78 is 10.2. The number of carbonyl (C=O) groups excluding carboxylic acids is 1. The number of aryl methyl sites for hydroxylation is 1. The predicted octanol–water partition coefficient (Wildman–Crippen LogP) is 2.23. The molecular weight excluding hydrogens is 270 g/mol. The van der Waals surface area contributed by atoms with Gasteiger partial charge in [-0.3, -0.25) is 4.99 Å². The summed E-state index contributed by atoms with van der Waals surface area (Å²) in [4.78, 5) is 15.6. The SMILES string of the molecule is CCCCCNC(=NC)NCc1cc(C(=O)OC)c(C)o1. The highest BCUT2D eigenvalue weighted by molar-refractivity contribution is 5.90. The molecule has 1 aromatic rings. The van der Waals surface area contributed by atoms with E-state index in [0.29, 0.717) is 23.6 Å². The van der Waals surface area contributed by atoms with Gasteiger partial charge in [0.05, 0.1) is 13.7 Å². The number of carbonyl (C=O) groups is 1. The molecule has 0 aromatic carbocycles. The van der Waals surface area contributed by atoms with Crippen molar-refractivity contribution in [1.29, 1.82) is 0 Å². The number of unbranched alkanes of at least 4 members (excludes halogenated alkanes) is 2. The lowest BCUT2D eigenvalue weighted by Crippen LogP contribution is -2.37. The van der Waals surface area contributed by atoms with E-state index in [1.807, 2.05) is 0 Å². The Labute approximate surface area is 126 Å². The average Bonchev–Trinajstić information content (AvgIpc) is 2.86. The summed E-state index contributed by atoms with van der Waals surface area (Å²) in [6.07, 6.45) is 3.50. The van der Waals surface area contributed by atoms with Gasteiger partial charge in [-0.25, -0.2) is 4.79 Å². The smallest absolute Gasteiger partial charge is 0.341 e. The Morgan fingerprint density at radius 1 is 1.38 bits per heavy atom. The van der Waals surface area contributed by atoms with Crippen molar-refractivity contribution in [3.05, 3.63) is 23.2 Å². The molecule has 0 aliphatic carbocycles. The van der Waals surface area contributed by atoms with E-state index < -0.39 is 0 Å². The Balaban J connectivity index is 2.48. The summed E-state index contributed by atoms with van der Waals surface area (Å²) in [6.45, 7) is 5.27. The fraction of sp³-hybridized carbons (Fsp3) is 0.600. The minimum Gasteiger partial charge on any atom is -0.465 e. The first-order valence-electron chi connectivity index (χ1n) is 7.24. The molecule has 2 N–H and O–H groups in total. The summed E-state index contributed by atoms with van der Waals surface area (Å²) in [6, 6.07) is 1.69. The first kappa shape index (κ1) is 17.1. The molecule has 1 aromatic heterocycles. The summed E-state index contributed by atoms with van der Waals surface area (Å²) in [5.74, 6) is 1.57. The largest absolute Gasteiger partial charge is 0.465 e. The summed E-state index contributed by atoms with van der Waals surface area (Å²) >= 11 is 0. The number of esters is 1. The van der Waals surface area contributed by atoms with Crippen LogP contribution in [0.1, 0.15) is 48.1 Å². The molecule has 0 saturated heterocycles. The van der Waals surface area contributed by atoms with Crippen molar-refractivity contribution in [1.82, 2.24) is 10.6 Å². The molecule has 0 saturated carbocycles. The van der Waals surface area contributed by atoms with Crippen molar-refractivity contribution in [3.8, 4) is 0 Å². The third kappa shape index (κ3) is 5.49. The van der Waals surface area contributed by atoms with Crippen LogP contribution in [0.15, 0.2) is 15.5 Å². The van der Waals surface area contributed by atoms with E-state index in [9.17, 15) is 4.79 Å². The average molecular weight is 295 g/mol. The maximum absolute atomic E-state index is 11.5. The monoisotopic (exact) mass is 295 g/mol. The standard InChI is InChI=1S/C15H25N3O3/c1-5-6-7-8-17-15(16-3)18-10-12-9-13(11(2)21-12)14(19)20-4/h9H,5-8,10H2,1-4H3,(H2,16,17,18). The van der Waals surface area contributed by atoms with Crippen LogP contribution in [0.5, 0.6) is 0 Å². The second-order valence-corrected chi connectivity index (χ2v) is 4.73. The molecule has 1 rings (SSSR count). The van der Waals surface area contributed by atoms with Crippen molar-refractivity contribution in [2.24, 2.45) is 4.99 Å². The lowest BCUT2D eigenvalue weighted by Gasteiger charge is -2.10. The molecule has 0 radical (unpaired) electrons. The molecule has 0 atom stereocenters. The van der Waals surface area contributed by atoms with E-state index in [2.05, 4.69) is 22.5 Å². The Morgan fingerprint density at radius 3 is 2.76 bits per heavy atom. The van der Waals surface area contributed by atoms with Gasteiger partial charge in [-0.2, -0.15) is 0 Å². The highest BCUT2D eigenvalue weighted by Crippen LogP contribution is 2.15. The van der Waals surface area contributed by atoms with E-state index in [-0.39, 0.29) is 5.97 Å². The van der Waals surface area contributed by atoms with Crippen molar-refractivity contribution in [3.63, 3.8) is 0 Å². The van der Waals surface area contributed by atoms with E-state index in [1.165, 1.54) is 20.0 Å². The van der Waals surface area contributed by atoms with Gasteiger partial charge < -0.3 is 19.8 Å². The maximum atomic E-state index is 11.5. The van der Waals surface area contributed by atoms with Gasteiger partial charge in [-0.15, -0.1) is 0 Å². The number of furan rings is 1. The van der Waals surface area contributed by atoms with Crippen LogP contribution >= 0.6 is 0 Å². The fourth-order valence-electron chi connectivity index (χ4n) is 1.92. The van der Waals surface area contributed by atoms with Gasteiger partial charge in [-0.1, -0.05) is 19.8 Å². The Bertz CT molecular complexity index is 481. The maximum Gasteiger partial charge on any atom is 0.341 e. The summed E-state index contributed by atoms with van der Waals surface area (Å²) in [5.41, 5.74) is 0.459. The van der Waals surface area contributed by atoms with E-state index in [4.69, 9.17) is 9.15 Å². The van der Waals surface area contributed by atoms with E-state index >= 15 is 0 Å². The minimum atomic E-state index is -0.385. The van der Waals surface area contributed by atoms with Crippen LogP contribution in [0, 0.1) is 6.92 Å². The quantitative estimate of drug-likeness (QED) is 0.349. The number of aliphatic imine (C=N–C) groups is 1. The zero-order valence-electron chi connectivity index (χ0n) is 13.3. The summed E-state index contributed by atoms with van der Waals surface area (Å²) in [7, 11) is 3.08. The highest BCUT2D eigenvalue weighted by Gasteiger charge is 2.15. The van der Waals surface area contributed by atoms with E-state index in [1.54, 1.807) is 20.0 Å². The second-order valence-electron chi connectivity index (χ2n) is 4.73. The Hall–Kier alpha value is -1.98. The molecule has 0 spiro atoms.